The molecule has 0 aliphatic heterocycles. The van der Waals surface area contributed by atoms with Gasteiger partial charge in [-0.1, -0.05) is 31.3 Å². The molecule has 0 bridgehead atoms. The minimum atomic E-state index is 0.525. The van der Waals surface area contributed by atoms with Gasteiger partial charge in [-0.15, -0.1) is 0 Å². The van der Waals surface area contributed by atoms with Gasteiger partial charge in [0.1, 0.15) is 0 Å². The minimum absolute atomic E-state index is 0.525. The van der Waals surface area contributed by atoms with Gasteiger partial charge in [-0.05, 0) is 29.2 Å². The van der Waals surface area contributed by atoms with Crippen LogP contribution in [-0.4, -0.2) is 26.2 Å². The Kier molecular flexibility index (Phi) is 3.18. The lowest BCUT2D eigenvalue weighted by atomic mass is 9.97. The Hall–Kier alpha value is -1.13. The standard InChI is InChI=1S/C10H19N5/c1-8-6-4-3-5-7-9(8)11-10-12-13-14-15(10)2/h8-9H,3-7H2,1-2H3,(H,11,12,14). The van der Waals surface area contributed by atoms with E-state index in [2.05, 4.69) is 27.8 Å². The minimum Gasteiger partial charge on any atom is -0.350 e. The second-order valence-electron chi connectivity index (χ2n) is 4.49. The van der Waals surface area contributed by atoms with Crippen molar-refractivity contribution < 1.29 is 0 Å². The normalized spacial score (nSPS) is 27.3. The number of hydrogen-bond acceptors (Lipinski definition) is 4. The van der Waals surface area contributed by atoms with Crippen LogP contribution in [0.25, 0.3) is 0 Å². The summed E-state index contributed by atoms with van der Waals surface area (Å²) < 4.78 is 1.69. The monoisotopic (exact) mass is 209 g/mol. The first-order chi connectivity index (χ1) is 7.27. The average Bonchev–Trinajstić information content (AvgIpc) is 2.50. The van der Waals surface area contributed by atoms with E-state index in [-0.39, 0.29) is 0 Å². The van der Waals surface area contributed by atoms with E-state index < -0.39 is 0 Å². The summed E-state index contributed by atoms with van der Waals surface area (Å²) in [5.74, 6) is 1.50. The van der Waals surface area contributed by atoms with Crippen LogP contribution in [0, 0.1) is 5.92 Å². The number of nitrogens with zero attached hydrogens (tertiary/aromatic N) is 4. The molecule has 84 valence electrons. The third-order valence-electron chi connectivity index (χ3n) is 3.30. The maximum atomic E-state index is 3.97. The van der Waals surface area contributed by atoms with Crippen molar-refractivity contribution in [3.8, 4) is 0 Å². The highest BCUT2D eigenvalue weighted by atomic mass is 15.6. The van der Waals surface area contributed by atoms with E-state index in [1.165, 1.54) is 32.1 Å². The van der Waals surface area contributed by atoms with Crippen molar-refractivity contribution >= 4 is 5.95 Å². The van der Waals surface area contributed by atoms with Crippen molar-refractivity contribution in [1.29, 1.82) is 0 Å². The number of anilines is 1. The fourth-order valence-corrected chi connectivity index (χ4v) is 2.23. The third kappa shape index (κ3) is 2.46. The maximum Gasteiger partial charge on any atom is 0.242 e. The fraction of sp³-hybridized carbons (Fsp3) is 0.900. The molecule has 1 aliphatic rings. The first-order valence-corrected chi connectivity index (χ1v) is 5.76. The SMILES string of the molecule is CC1CCCCCC1Nc1nnnn1C. The molecule has 1 aliphatic carbocycles. The Balaban J connectivity index is 2.00. The molecule has 2 atom stereocenters. The van der Waals surface area contributed by atoms with Crippen molar-refractivity contribution in [1.82, 2.24) is 20.2 Å². The molecule has 1 aromatic rings. The number of aryl methyl sites for hydroxylation is 1. The van der Waals surface area contributed by atoms with Crippen LogP contribution in [0.1, 0.15) is 39.0 Å². The molecule has 0 spiro atoms. The molecule has 1 heterocycles. The van der Waals surface area contributed by atoms with E-state index >= 15 is 0 Å². The van der Waals surface area contributed by atoms with Crippen LogP contribution in [0.4, 0.5) is 5.95 Å². The molecule has 15 heavy (non-hydrogen) atoms. The Bertz CT molecular complexity index is 309. The molecule has 1 aromatic heterocycles. The summed E-state index contributed by atoms with van der Waals surface area (Å²) in [6.07, 6.45) is 6.57. The van der Waals surface area contributed by atoms with Crippen molar-refractivity contribution in [2.24, 2.45) is 13.0 Å². The van der Waals surface area contributed by atoms with Gasteiger partial charge in [0.05, 0.1) is 0 Å². The molecule has 5 heteroatoms. The molecule has 0 radical (unpaired) electrons. The van der Waals surface area contributed by atoms with Gasteiger partial charge in [0.15, 0.2) is 0 Å². The lowest BCUT2D eigenvalue weighted by Crippen LogP contribution is -2.27. The van der Waals surface area contributed by atoms with E-state index in [1.54, 1.807) is 4.68 Å². The summed E-state index contributed by atoms with van der Waals surface area (Å²) in [6, 6.07) is 0.525. The lowest BCUT2D eigenvalue weighted by Gasteiger charge is -2.22. The molecule has 5 nitrogen and oxygen atoms in total. The largest absolute Gasteiger partial charge is 0.350 e. The molecule has 0 saturated heterocycles. The Labute approximate surface area is 90.2 Å². The van der Waals surface area contributed by atoms with E-state index in [9.17, 15) is 0 Å². The van der Waals surface area contributed by atoms with Crippen LogP contribution in [0.3, 0.4) is 0 Å². The topological polar surface area (TPSA) is 55.6 Å². The van der Waals surface area contributed by atoms with E-state index in [0.717, 1.165) is 5.95 Å². The number of hydrogen-bond donors (Lipinski definition) is 1. The maximum absolute atomic E-state index is 3.97. The van der Waals surface area contributed by atoms with E-state index in [4.69, 9.17) is 0 Å². The molecular formula is C10H19N5. The predicted octanol–water partition coefficient (Wildman–Crippen LogP) is 1.59. The molecule has 1 N–H and O–H groups in total. The van der Waals surface area contributed by atoms with Crippen LogP contribution in [0.5, 0.6) is 0 Å². The Morgan fingerprint density at radius 3 is 2.80 bits per heavy atom. The summed E-state index contributed by atoms with van der Waals surface area (Å²) in [5, 5.41) is 14.9. The quantitative estimate of drug-likeness (QED) is 0.751. The first-order valence-electron chi connectivity index (χ1n) is 5.76. The summed E-state index contributed by atoms with van der Waals surface area (Å²) in [4.78, 5) is 0. The van der Waals surface area contributed by atoms with Crippen molar-refractivity contribution in [3.05, 3.63) is 0 Å². The number of rotatable bonds is 2. The highest BCUT2D eigenvalue weighted by molar-refractivity contribution is 5.23. The fourth-order valence-electron chi connectivity index (χ4n) is 2.23. The molecule has 2 unspecified atom stereocenters. The van der Waals surface area contributed by atoms with Crippen LogP contribution in [0.2, 0.25) is 0 Å². The highest BCUT2D eigenvalue weighted by Crippen LogP contribution is 2.24. The van der Waals surface area contributed by atoms with Crippen LogP contribution >= 0.6 is 0 Å². The zero-order valence-corrected chi connectivity index (χ0v) is 9.48. The Morgan fingerprint density at radius 1 is 1.27 bits per heavy atom. The van der Waals surface area contributed by atoms with Crippen molar-refractivity contribution in [2.45, 2.75) is 45.1 Å². The van der Waals surface area contributed by atoms with Crippen LogP contribution in [0.15, 0.2) is 0 Å². The number of tetrazole rings is 1. The van der Waals surface area contributed by atoms with Gasteiger partial charge in [0.2, 0.25) is 5.95 Å². The second kappa shape index (κ2) is 4.59. The van der Waals surface area contributed by atoms with Gasteiger partial charge in [0, 0.05) is 13.1 Å². The van der Waals surface area contributed by atoms with Gasteiger partial charge in [-0.3, -0.25) is 0 Å². The van der Waals surface area contributed by atoms with Gasteiger partial charge >= 0.3 is 0 Å². The number of nitrogens with one attached hydrogen (secondary N) is 1. The second-order valence-corrected chi connectivity index (χ2v) is 4.49. The summed E-state index contributed by atoms with van der Waals surface area (Å²) in [6.45, 7) is 2.31. The van der Waals surface area contributed by atoms with Gasteiger partial charge < -0.3 is 5.32 Å². The third-order valence-corrected chi connectivity index (χ3v) is 3.30. The van der Waals surface area contributed by atoms with Gasteiger partial charge in [-0.2, -0.15) is 0 Å². The molecule has 0 amide bonds. The predicted molar refractivity (Wildman–Crippen MR) is 58.5 cm³/mol. The molecule has 0 aromatic carbocycles. The Morgan fingerprint density at radius 2 is 2.07 bits per heavy atom. The van der Waals surface area contributed by atoms with Gasteiger partial charge in [0.25, 0.3) is 0 Å². The van der Waals surface area contributed by atoms with Crippen molar-refractivity contribution in [2.75, 3.05) is 5.32 Å². The van der Waals surface area contributed by atoms with Crippen LogP contribution < -0.4 is 5.32 Å². The summed E-state index contributed by atoms with van der Waals surface area (Å²) in [7, 11) is 1.86. The van der Waals surface area contributed by atoms with E-state index in [1.807, 2.05) is 7.05 Å². The number of aromatic nitrogens is 4. The van der Waals surface area contributed by atoms with Crippen molar-refractivity contribution in [3.63, 3.8) is 0 Å². The molecule has 1 fully saturated rings. The molecule has 2 rings (SSSR count). The lowest BCUT2D eigenvalue weighted by molar-refractivity contribution is 0.452. The molecule has 1 saturated carbocycles. The molecular weight excluding hydrogens is 190 g/mol. The zero-order chi connectivity index (χ0) is 10.7. The first kappa shape index (κ1) is 10.4. The zero-order valence-electron chi connectivity index (χ0n) is 9.48. The summed E-state index contributed by atoms with van der Waals surface area (Å²) >= 11 is 0. The summed E-state index contributed by atoms with van der Waals surface area (Å²) in [5.41, 5.74) is 0. The van der Waals surface area contributed by atoms with Gasteiger partial charge in [-0.25, -0.2) is 4.68 Å². The highest BCUT2D eigenvalue weighted by Gasteiger charge is 2.21. The smallest absolute Gasteiger partial charge is 0.242 e. The van der Waals surface area contributed by atoms with E-state index in [0.29, 0.717) is 12.0 Å². The van der Waals surface area contributed by atoms with Crippen LogP contribution in [-0.2, 0) is 7.05 Å². The average molecular weight is 209 g/mol.